The van der Waals surface area contributed by atoms with Crippen LogP contribution < -0.4 is 10.8 Å². The van der Waals surface area contributed by atoms with Crippen LogP contribution in [0.3, 0.4) is 0 Å². The minimum atomic E-state index is -8.62. The highest BCUT2D eigenvalue weighted by atomic mass is 28.3. The molecule has 20 heteroatoms. The quantitative estimate of drug-likeness (QED) is 0.240. The van der Waals surface area contributed by atoms with Crippen molar-refractivity contribution in [2.75, 3.05) is 0 Å². The molecule has 0 amide bonds. The highest BCUT2D eigenvalue weighted by molar-refractivity contribution is 6.73. The van der Waals surface area contributed by atoms with Gasteiger partial charge in [-0.25, -0.2) is 0 Å². The Bertz CT molecular complexity index is 685. The van der Waals surface area contributed by atoms with E-state index in [2.05, 4.69) is 0 Å². The minimum Gasteiger partial charge on any atom is -0.339 e. The van der Waals surface area contributed by atoms with E-state index in [4.69, 9.17) is 10.8 Å². The Balaban J connectivity index is 6.48. The summed E-state index contributed by atoms with van der Waals surface area (Å²) < 4.78 is 223. The highest BCUT2D eigenvalue weighted by Crippen LogP contribution is 2.64. The van der Waals surface area contributed by atoms with Crippen molar-refractivity contribution in [3.05, 3.63) is 0 Å². The molecule has 4 N–H and O–H groups in total. The summed E-state index contributed by atoms with van der Waals surface area (Å²) in [6.07, 6.45) is -10.3. The molecule has 0 unspecified atom stereocenters. The van der Waals surface area contributed by atoms with Gasteiger partial charge in [0.2, 0.25) is 0 Å². The first-order chi connectivity index (χ1) is 14.0. The van der Waals surface area contributed by atoms with E-state index in [0.717, 1.165) is 0 Å². The summed E-state index contributed by atoms with van der Waals surface area (Å²) in [6.45, 7) is 1.35. The zero-order valence-electron chi connectivity index (χ0n) is 15.9. The summed E-state index contributed by atoms with van der Waals surface area (Å²) in [4.78, 5) is 0. The van der Waals surface area contributed by atoms with E-state index >= 15 is 0 Å². The van der Waals surface area contributed by atoms with Gasteiger partial charge in [0.05, 0.1) is 0 Å². The van der Waals surface area contributed by atoms with E-state index in [1.165, 1.54) is 6.92 Å². The average molecular weight is 550 g/mol. The van der Waals surface area contributed by atoms with E-state index < -0.39 is 68.5 Å². The monoisotopic (exact) mass is 550 g/mol. The molecule has 0 aliphatic heterocycles. The first-order valence-electron chi connectivity index (χ1n) is 8.31. The second kappa shape index (κ2) is 8.56. The normalized spacial score (nSPS) is 16.4. The van der Waals surface area contributed by atoms with Gasteiger partial charge >= 0.3 is 47.6 Å². The maximum absolute atomic E-state index is 13.7. The van der Waals surface area contributed by atoms with Crippen LogP contribution in [0.25, 0.3) is 0 Å². The molecule has 0 fully saturated rings. The lowest BCUT2D eigenvalue weighted by Crippen LogP contribution is -2.74. The molecule has 0 aromatic heterocycles. The molecule has 0 aromatic carbocycles. The third kappa shape index (κ3) is 4.87. The van der Waals surface area contributed by atoms with E-state index in [1.54, 1.807) is 0 Å². The lowest BCUT2D eigenvalue weighted by Gasteiger charge is -2.43. The molecule has 0 saturated carbocycles. The molecular formula is C13H15F17N2Si. The van der Waals surface area contributed by atoms with Crippen molar-refractivity contribution in [1.29, 1.82) is 0 Å². The predicted molar refractivity (Wildman–Crippen MR) is 79.3 cm³/mol. The van der Waals surface area contributed by atoms with Gasteiger partial charge in [-0.05, 0) is 12.1 Å². The number of hydrogen-bond acceptors (Lipinski definition) is 2. The molecular weight excluding hydrogens is 535 g/mol. The summed E-state index contributed by atoms with van der Waals surface area (Å²) >= 11 is 0. The molecule has 0 rings (SSSR count). The predicted octanol–water partition coefficient (Wildman–Crippen LogP) is 6.16. The van der Waals surface area contributed by atoms with Crippen molar-refractivity contribution in [1.82, 2.24) is 0 Å². The third-order valence-corrected chi connectivity index (χ3v) is 7.02. The number of nitrogens with two attached hydrogens (primary N) is 2. The van der Waals surface area contributed by atoms with Crippen molar-refractivity contribution in [2.24, 2.45) is 10.8 Å². The summed E-state index contributed by atoms with van der Waals surface area (Å²) in [6, 6.07) is -1.72. The molecule has 0 heterocycles. The fourth-order valence-electron chi connectivity index (χ4n) is 2.33. The summed E-state index contributed by atoms with van der Waals surface area (Å²) in [5.41, 5.74) is 0. The van der Waals surface area contributed by atoms with Crippen LogP contribution >= 0.6 is 0 Å². The molecule has 0 radical (unpaired) electrons. The van der Waals surface area contributed by atoms with Crippen LogP contribution in [0.2, 0.25) is 12.1 Å². The minimum absolute atomic E-state index is 0.0458. The Morgan fingerprint density at radius 1 is 0.485 bits per heavy atom. The molecule has 2 nitrogen and oxygen atoms in total. The largest absolute Gasteiger partial charge is 0.460 e. The van der Waals surface area contributed by atoms with E-state index in [0.29, 0.717) is 0 Å². The second-order valence-corrected chi connectivity index (χ2v) is 10.6. The smallest absolute Gasteiger partial charge is 0.339 e. The summed E-state index contributed by atoms with van der Waals surface area (Å²) in [5.74, 6) is -56.2. The maximum Gasteiger partial charge on any atom is 0.460 e. The van der Waals surface area contributed by atoms with Gasteiger partial charge < -0.3 is 10.8 Å². The van der Waals surface area contributed by atoms with Crippen molar-refractivity contribution in [2.45, 2.75) is 79.5 Å². The van der Waals surface area contributed by atoms with Crippen molar-refractivity contribution in [3.63, 3.8) is 0 Å². The first-order valence-corrected chi connectivity index (χ1v) is 10.9. The van der Waals surface area contributed by atoms with Crippen LogP contribution in [0.5, 0.6) is 0 Å². The molecule has 33 heavy (non-hydrogen) atoms. The van der Waals surface area contributed by atoms with Gasteiger partial charge in [-0.3, -0.25) is 0 Å². The van der Waals surface area contributed by atoms with Crippen LogP contribution in [-0.4, -0.2) is 56.0 Å². The van der Waals surface area contributed by atoms with Crippen molar-refractivity contribution < 1.29 is 74.6 Å². The van der Waals surface area contributed by atoms with E-state index in [1.807, 2.05) is 0 Å². The van der Waals surface area contributed by atoms with Crippen LogP contribution in [0.1, 0.15) is 19.8 Å². The van der Waals surface area contributed by atoms with Gasteiger partial charge in [0.15, 0.2) is 8.40 Å². The number of halogens is 17. The van der Waals surface area contributed by atoms with Gasteiger partial charge in [-0.1, -0.05) is 13.3 Å². The van der Waals surface area contributed by atoms with Crippen molar-refractivity contribution >= 4 is 8.40 Å². The molecule has 0 spiro atoms. The van der Waals surface area contributed by atoms with Gasteiger partial charge in [0.1, 0.15) is 0 Å². The van der Waals surface area contributed by atoms with E-state index in [9.17, 15) is 74.6 Å². The molecule has 0 aliphatic carbocycles. The van der Waals surface area contributed by atoms with E-state index in [-0.39, 0.29) is 12.5 Å². The third-order valence-electron chi connectivity index (χ3n) is 4.41. The number of rotatable bonds is 11. The molecule has 0 bridgehead atoms. The van der Waals surface area contributed by atoms with Gasteiger partial charge in [0, 0.05) is 6.42 Å². The van der Waals surface area contributed by atoms with Gasteiger partial charge in [-0.15, -0.1) is 0 Å². The molecule has 0 saturated heterocycles. The molecule has 200 valence electrons. The van der Waals surface area contributed by atoms with Crippen LogP contribution in [0, 0.1) is 0 Å². The second-order valence-electron chi connectivity index (χ2n) is 7.13. The Morgan fingerprint density at radius 3 is 1.09 bits per heavy atom. The SMILES string of the molecule is CCC[Si](N)(N)CCC(F)(F)C(F)(F)C(F)(F)C(F)(F)C(F)(F)C(F)(F)C(F)(F)C(F)(F)F. The van der Waals surface area contributed by atoms with Crippen LogP contribution in [-0.2, 0) is 0 Å². The van der Waals surface area contributed by atoms with Gasteiger partial charge in [-0.2, -0.15) is 74.6 Å². The van der Waals surface area contributed by atoms with Crippen LogP contribution in [0.15, 0.2) is 0 Å². The first kappa shape index (κ1) is 31.9. The fourth-order valence-corrected chi connectivity index (χ4v) is 4.29. The zero-order valence-corrected chi connectivity index (χ0v) is 16.9. The van der Waals surface area contributed by atoms with Crippen LogP contribution in [0.4, 0.5) is 74.6 Å². The Hall–Kier alpha value is -1.05. The lowest BCUT2D eigenvalue weighted by atomic mass is 9.88. The zero-order chi connectivity index (χ0) is 27.3. The number of alkyl halides is 17. The Labute approximate surface area is 174 Å². The summed E-state index contributed by atoms with van der Waals surface area (Å²) in [7, 11) is -3.85. The molecule has 0 atom stereocenters. The van der Waals surface area contributed by atoms with Crippen molar-refractivity contribution in [3.8, 4) is 0 Å². The maximum atomic E-state index is 13.7. The lowest BCUT2D eigenvalue weighted by molar-refractivity contribution is -0.461. The standard InChI is InChI=1S/C13H15F17N2Si/c1-2-4-33(31,32)5-3-6(14,15)7(16,17)8(18,19)9(20,21)10(22,23)11(24,25)12(26,27)13(28,29)30/h2-5,31-32H2,1H3. The topological polar surface area (TPSA) is 52.0 Å². The highest BCUT2D eigenvalue weighted by Gasteiger charge is 2.95. The Kier molecular flexibility index (Phi) is 8.29. The molecule has 0 aliphatic rings. The fraction of sp³-hybridized carbons (Fsp3) is 1.00. The summed E-state index contributed by atoms with van der Waals surface area (Å²) in [5, 5.41) is 10.6. The molecule has 0 aromatic rings. The number of hydrogen-bond donors (Lipinski definition) is 2. The average Bonchev–Trinajstić information content (AvgIpc) is 2.58. The van der Waals surface area contributed by atoms with Gasteiger partial charge in [0.25, 0.3) is 0 Å². The Morgan fingerprint density at radius 2 is 0.788 bits per heavy atom.